The van der Waals surface area contributed by atoms with E-state index in [1.807, 2.05) is 0 Å². The fraction of sp³-hybridized carbons (Fsp3) is 0.400. The molecule has 0 bridgehead atoms. The van der Waals surface area contributed by atoms with E-state index in [0.717, 1.165) is 17.1 Å². The first-order chi connectivity index (χ1) is 9.49. The van der Waals surface area contributed by atoms with Crippen molar-refractivity contribution in [2.75, 3.05) is 5.73 Å². The summed E-state index contributed by atoms with van der Waals surface area (Å²) < 4.78 is 15.9. The van der Waals surface area contributed by atoms with Gasteiger partial charge in [-0.2, -0.15) is 0 Å². The fourth-order valence-corrected chi connectivity index (χ4v) is 2.87. The highest BCUT2D eigenvalue weighted by Crippen LogP contribution is 2.43. The number of nitrogens with zero attached hydrogens (tertiary/aromatic N) is 2. The Morgan fingerprint density at radius 1 is 1.40 bits per heavy atom. The molecular weight excluding hydrogens is 321 g/mol. The van der Waals surface area contributed by atoms with Crippen molar-refractivity contribution in [3.63, 3.8) is 0 Å². The lowest BCUT2D eigenvalue weighted by Crippen LogP contribution is -2.08. The van der Waals surface area contributed by atoms with E-state index < -0.39 is 0 Å². The average Bonchev–Trinajstić information content (AvgIpc) is 3.16. The summed E-state index contributed by atoms with van der Waals surface area (Å²) in [5.41, 5.74) is 7.88. The van der Waals surface area contributed by atoms with Crippen LogP contribution in [0, 0.1) is 5.82 Å². The van der Waals surface area contributed by atoms with Crippen LogP contribution in [-0.4, -0.2) is 9.55 Å². The number of nitrogen functional groups attached to an aromatic ring is 1. The predicted octanol–water partition coefficient (Wildman–Crippen LogP) is 4.49. The van der Waals surface area contributed by atoms with Gasteiger partial charge in [0, 0.05) is 17.5 Å². The maximum atomic E-state index is 13.4. The summed E-state index contributed by atoms with van der Waals surface area (Å²) in [6.07, 6.45) is 2.35. The summed E-state index contributed by atoms with van der Waals surface area (Å²) in [5.74, 6) is 1.98. The van der Waals surface area contributed by atoms with Crippen molar-refractivity contribution in [3.05, 3.63) is 34.3 Å². The lowest BCUT2D eigenvalue weighted by Gasteiger charge is -2.13. The molecule has 106 valence electrons. The Bertz CT molecular complexity index is 659. The molecule has 1 saturated carbocycles. The molecule has 2 aromatic rings. The molecule has 1 fully saturated rings. The number of hydrogen-bond donors (Lipinski definition) is 1. The van der Waals surface area contributed by atoms with Gasteiger partial charge in [0.15, 0.2) is 0 Å². The summed E-state index contributed by atoms with van der Waals surface area (Å²) in [4.78, 5) is 4.73. The molecule has 3 nitrogen and oxygen atoms in total. The standard InChI is InChI=1S/C15H17BrFN3/c1-8(2)20-14(18)13(19-15(20)9-3-4-9)10-5-6-12(17)11(16)7-10/h5-9H,3-4,18H2,1-2H3. The van der Waals surface area contributed by atoms with Crippen LogP contribution in [0.2, 0.25) is 0 Å². The molecular formula is C15H17BrFN3. The Kier molecular flexibility index (Phi) is 3.32. The van der Waals surface area contributed by atoms with Crippen molar-refractivity contribution in [3.8, 4) is 11.3 Å². The van der Waals surface area contributed by atoms with E-state index in [0.29, 0.717) is 16.2 Å². The SMILES string of the molecule is CC(C)n1c(C2CC2)nc(-c2ccc(F)c(Br)c2)c1N. The van der Waals surface area contributed by atoms with Gasteiger partial charge in [-0.3, -0.25) is 0 Å². The maximum Gasteiger partial charge on any atom is 0.137 e. The minimum Gasteiger partial charge on any atom is -0.383 e. The zero-order valence-corrected chi connectivity index (χ0v) is 13.1. The predicted molar refractivity (Wildman–Crippen MR) is 82.1 cm³/mol. The van der Waals surface area contributed by atoms with Crippen molar-refractivity contribution in [1.82, 2.24) is 9.55 Å². The van der Waals surface area contributed by atoms with Crippen molar-refractivity contribution < 1.29 is 4.39 Å². The van der Waals surface area contributed by atoms with E-state index in [-0.39, 0.29) is 11.9 Å². The number of anilines is 1. The molecule has 1 aliphatic carbocycles. The fourth-order valence-electron chi connectivity index (χ4n) is 2.49. The van der Waals surface area contributed by atoms with Crippen LogP contribution < -0.4 is 5.73 Å². The molecule has 3 rings (SSSR count). The van der Waals surface area contributed by atoms with Gasteiger partial charge in [-0.15, -0.1) is 0 Å². The quantitative estimate of drug-likeness (QED) is 0.896. The topological polar surface area (TPSA) is 43.8 Å². The van der Waals surface area contributed by atoms with Crippen LogP contribution in [0.15, 0.2) is 22.7 Å². The Balaban J connectivity index is 2.13. The molecule has 0 spiro atoms. The molecule has 1 aromatic carbocycles. The minimum absolute atomic E-state index is 0.274. The molecule has 2 N–H and O–H groups in total. The summed E-state index contributed by atoms with van der Waals surface area (Å²) in [7, 11) is 0. The Hall–Kier alpha value is -1.36. The largest absolute Gasteiger partial charge is 0.383 e. The summed E-state index contributed by atoms with van der Waals surface area (Å²) >= 11 is 3.21. The lowest BCUT2D eigenvalue weighted by molar-refractivity contribution is 0.576. The highest BCUT2D eigenvalue weighted by Gasteiger charge is 2.31. The van der Waals surface area contributed by atoms with E-state index in [9.17, 15) is 4.39 Å². The lowest BCUT2D eigenvalue weighted by atomic mass is 10.1. The third-order valence-electron chi connectivity index (χ3n) is 3.63. The first-order valence-corrected chi connectivity index (χ1v) is 7.61. The third kappa shape index (κ3) is 2.24. The van der Waals surface area contributed by atoms with E-state index in [2.05, 4.69) is 34.3 Å². The molecule has 0 amide bonds. The van der Waals surface area contributed by atoms with Crippen LogP contribution in [0.3, 0.4) is 0 Å². The molecule has 5 heteroatoms. The number of rotatable bonds is 3. The zero-order chi connectivity index (χ0) is 14.4. The second kappa shape index (κ2) is 4.88. The first-order valence-electron chi connectivity index (χ1n) is 6.82. The number of halogens is 2. The zero-order valence-electron chi connectivity index (χ0n) is 11.5. The van der Waals surface area contributed by atoms with Crippen LogP contribution in [0.4, 0.5) is 10.2 Å². The summed E-state index contributed by atoms with van der Waals surface area (Å²) in [5, 5.41) is 0. The van der Waals surface area contributed by atoms with Crippen molar-refractivity contribution in [2.24, 2.45) is 0 Å². The average molecular weight is 338 g/mol. The molecule has 20 heavy (non-hydrogen) atoms. The Morgan fingerprint density at radius 3 is 2.65 bits per heavy atom. The van der Waals surface area contributed by atoms with Gasteiger partial charge in [0.25, 0.3) is 0 Å². The summed E-state index contributed by atoms with van der Waals surface area (Å²) in [6.45, 7) is 4.21. The number of nitrogens with two attached hydrogens (primary N) is 1. The van der Waals surface area contributed by atoms with Crippen molar-refractivity contribution in [2.45, 2.75) is 38.6 Å². The van der Waals surface area contributed by atoms with E-state index in [4.69, 9.17) is 10.7 Å². The van der Waals surface area contributed by atoms with Crippen LogP contribution in [0.1, 0.15) is 44.5 Å². The molecule has 0 saturated heterocycles. The second-order valence-electron chi connectivity index (χ2n) is 5.57. The number of benzene rings is 1. The summed E-state index contributed by atoms with van der Waals surface area (Å²) in [6, 6.07) is 5.16. The van der Waals surface area contributed by atoms with Gasteiger partial charge in [0.05, 0.1) is 4.47 Å². The number of aromatic nitrogens is 2. The van der Waals surface area contributed by atoms with Crippen LogP contribution in [-0.2, 0) is 0 Å². The Labute approximate surface area is 126 Å². The maximum absolute atomic E-state index is 13.4. The van der Waals surface area contributed by atoms with Gasteiger partial charge in [-0.1, -0.05) is 0 Å². The van der Waals surface area contributed by atoms with Crippen molar-refractivity contribution >= 4 is 21.7 Å². The van der Waals surface area contributed by atoms with Crippen LogP contribution in [0.25, 0.3) is 11.3 Å². The minimum atomic E-state index is -0.280. The molecule has 0 aliphatic heterocycles. The normalized spacial score (nSPS) is 15.1. The molecule has 1 heterocycles. The molecule has 1 aromatic heterocycles. The van der Waals surface area contributed by atoms with Gasteiger partial charge in [0.2, 0.25) is 0 Å². The van der Waals surface area contributed by atoms with Gasteiger partial charge < -0.3 is 10.3 Å². The van der Waals surface area contributed by atoms with Crippen LogP contribution in [0.5, 0.6) is 0 Å². The highest BCUT2D eigenvalue weighted by atomic mass is 79.9. The monoisotopic (exact) mass is 337 g/mol. The van der Waals surface area contributed by atoms with Gasteiger partial charge in [-0.05, 0) is 60.8 Å². The molecule has 0 unspecified atom stereocenters. The van der Waals surface area contributed by atoms with Gasteiger partial charge in [0.1, 0.15) is 23.2 Å². The molecule has 0 atom stereocenters. The molecule has 1 aliphatic rings. The van der Waals surface area contributed by atoms with Gasteiger partial charge >= 0.3 is 0 Å². The van der Waals surface area contributed by atoms with Crippen LogP contribution >= 0.6 is 15.9 Å². The first kappa shape index (κ1) is 13.6. The van der Waals surface area contributed by atoms with E-state index in [1.54, 1.807) is 12.1 Å². The van der Waals surface area contributed by atoms with Crippen molar-refractivity contribution in [1.29, 1.82) is 0 Å². The smallest absolute Gasteiger partial charge is 0.137 e. The third-order valence-corrected chi connectivity index (χ3v) is 4.23. The number of imidazole rings is 1. The van der Waals surface area contributed by atoms with E-state index >= 15 is 0 Å². The number of hydrogen-bond acceptors (Lipinski definition) is 2. The van der Waals surface area contributed by atoms with E-state index in [1.165, 1.54) is 18.9 Å². The van der Waals surface area contributed by atoms with Gasteiger partial charge in [-0.25, -0.2) is 9.37 Å². The Morgan fingerprint density at radius 2 is 2.10 bits per heavy atom. The molecule has 0 radical (unpaired) electrons. The highest BCUT2D eigenvalue weighted by molar-refractivity contribution is 9.10. The second-order valence-corrected chi connectivity index (χ2v) is 6.43.